The largest absolute Gasteiger partial charge is 0.495 e. The zero-order chi connectivity index (χ0) is 42.7. The number of anilines is 1. The zero-order valence-electron chi connectivity index (χ0n) is 32.9. The lowest BCUT2D eigenvalue weighted by molar-refractivity contribution is -0.328. The minimum Gasteiger partial charge on any atom is -0.495 e. The summed E-state index contributed by atoms with van der Waals surface area (Å²) in [6.07, 6.45) is -0.271. The average molecular weight is 841 g/mol. The third-order valence-electron chi connectivity index (χ3n) is 10.6. The average Bonchev–Trinajstić information content (AvgIpc) is 3.12. The number of hydrogen-bond acceptors (Lipinski definition) is 13. The van der Waals surface area contributed by atoms with E-state index in [2.05, 4.69) is 15.3 Å². The summed E-state index contributed by atoms with van der Waals surface area (Å²) in [6, 6.07) is 2.10. The van der Waals surface area contributed by atoms with Crippen molar-refractivity contribution in [1.82, 2.24) is 10.2 Å². The molecule has 57 heavy (non-hydrogen) atoms. The van der Waals surface area contributed by atoms with Crippen molar-refractivity contribution in [3.05, 3.63) is 57.0 Å². The summed E-state index contributed by atoms with van der Waals surface area (Å²) in [5, 5.41) is 15.7. The van der Waals surface area contributed by atoms with Crippen LogP contribution in [0, 0.1) is 0 Å². The van der Waals surface area contributed by atoms with Crippen molar-refractivity contribution in [3.63, 3.8) is 0 Å². The van der Waals surface area contributed by atoms with E-state index in [0.717, 1.165) is 16.0 Å². The van der Waals surface area contributed by atoms with Crippen LogP contribution in [0.1, 0.15) is 58.9 Å². The Kier molecular flexibility index (Phi) is 14.0. The second-order valence-corrected chi connectivity index (χ2v) is 17.0. The van der Waals surface area contributed by atoms with Crippen LogP contribution in [0.15, 0.2) is 41.0 Å². The van der Waals surface area contributed by atoms with Crippen LogP contribution in [0.2, 0.25) is 5.02 Å². The number of aliphatic hydroxyl groups is 1. The first-order valence-electron chi connectivity index (χ1n) is 17.8. The van der Waals surface area contributed by atoms with Gasteiger partial charge in [0.2, 0.25) is 11.8 Å². The van der Waals surface area contributed by atoms with Gasteiger partial charge in [-0.1, -0.05) is 40.5 Å². The van der Waals surface area contributed by atoms with E-state index in [1.165, 1.54) is 40.1 Å². The summed E-state index contributed by atoms with van der Waals surface area (Å²) >= 11 is 6.72. The number of nitrogens with one attached hydrogen (secondary N) is 1. The summed E-state index contributed by atoms with van der Waals surface area (Å²) in [4.78, 5) is 58.6. The van der Waals surface area contributed by atoms with Crippen LogP contribution in [-0.4, -0.2) is 128 Å². The Bertz CT molecular complexity index is 1970. The molecular weight excluding hydrogens is 792 g/mol. The van der Waals surface area contributed by atoms with Crippen molar-refractivity contribution in [3.8, 4) is 5.75 Å². The summed E-state index contributed by atoms with van der Waals surface area (Å²) in [7, 11) is 0.704. The number of azide groups is 1. The predicted octanol–water partition coefficient (Wildman–Crippen LogP) is 3.62. The molecule has 19 nitrogen and oxygen atoms in total. The molecule has 0 aliphatic carbocycles. The van der Waals surface area contributed by atoms with Gasteiger partial charge < -0.3 is 38.6 Å². The molecule has 0 spiro atoms. The number of rotatable bonds is 10. The molecule has 2 fully saturated rings. The van der Waals surface area contributed by atoms with Crippen LogP contribution in [0.3, 0.4) is 0 Å². The molecule has 6 bridgehead atoms. The van der Waals surface area contributed by atoms with Gasteiger partial charge in [-0.3, -0.25) is 19.5 Å². The van der Waals surface area contributed by atoms with Crippen molar-refractivity contribution >= 4 is 51.3 Å². The van der Waals surface area contributed by atoms with Gasteiger partial charge in [-0.25, -0.2) is 9.59 Å². The van der Waals surface area contributed by atoms with Crippen LogP contribution in [0.5, 0.6) is 5.75 Å². The van der Waals surface area contributed by atoms with Gasteiger partial charge >= 0.3 is 12.1 Å². The molecular formula is C36H49ClN6O13S. The van der Waals surface area contributed by atoms with Gasteiger partial charge in [-0.15, -0.1) is 0 Å². The molecule has 2 unspecified atom stereocenters. The summed E-state index contributed by atoms with van der Waals surface area (Å²) in [6.45, 7) is 5.69. The van der Waals surface area contributed by atoms with Crippen LogP contribution in [0.4, 0.5) is 10.5 Å². The number of amides is 3. The number of hydrogen-bond donors (Lipinski definition) is 3. The third-order valence-corrected chi connectivity index (χ3v) is 12.1. The Hall–Kier alpha value is -4.43. The molecule has 1 aromatic carbocycles. The van der Waals surface area contributed by atoms with E-state index in [1.54, 1.807) is 44.2 Å². The van der Waals surface area contributed by atoms with Crippen LogP contribution in [0.25, 0.3) is 10.4 Å². The fourth-order valence-corrected chi connectivity index (χ4v) is 8.16. The van der Waals surface area contributed by atoms with Crippen molar-refractivity contribution < 1.29 is 60.9 Å². The lowest BCUT2D eigenvalue weighted by Crippen LogP contribution is -2.72. The monoisotopic (exact) mass is 840 g/mol. The third kappa shape index (κ3) is 10.2. The first-order valence-corrected chi connectivity index (χ1v) is 19.7. The SMILES string of the molecule is COc1cc2cc(c1Cl)N(C)C(=O)C[C@H](OC(=O)[C@@H](C)N(C)C(=O)CC(CN=[N+]=[N-])S(=O)(=O)O)[C@@]1(C)CC(C)(O1)[C@@H]1C[C@@](O)(NC(=O)O1)[C@H](OC)/C=C/C=C(\C)C2. The highest BCUT2D eigenvalue weighted by Crippen LogP contribution is 2.50. The van der Waals surface area contributed by atoms with Crippen molar-refractivity contribution in [2.75, 3.05) is 39.8 Å². The van der Waals surface area contributed by atoms with Crippen LogP contribution in [-0.2, 0) is 49.9 Å². The van der Waals surface area contributed by atoms with E-state index in [9.17, 15) is 37.3 Å². The van der Waals surface area contributed by atoms with Gasteiger partial charge in [0.1, 0.15) is 51.6 Å². The zero-order valence-corrected chi connectivity index (χ0v) is 34.5. The van der Waals surface area contributed by atoms with Crippen LogP contribution >= 0.6 is 11.6 Å². The van der Waals surface area contributed by atoms with Crippen LogP contribution < -0.4 is 15.0 Å². The molecule has 4 aliphatic heterocycles. The highest BCUT2D eigenvalue weighted by atomic mass is 35.5. The number of esters is 1. The fourth-order valence-electron chi connectivity index (χ4n) is 7.24. The van der Waals surface area contributed by atoms with Crippen molar-refractivity contribution in [2.45, 2.75) is 106 Å². The topological polar surface area (TPSA) is 256 Å². The number of allylic oxidation sites excluding steroid dienone is 3. The number of carbonyl (C=O) groups is 4. The van der Waals surface area contributed by atoms with E-state index in [1.807, 2.05) is 6.92 Å². The maximum Gasteiger partial charge on any atom is 0.409 e. The number of alkyl carbamates (subject to hydrolysis) is 1. The first-order chi connectivity index (χ1) is 26.5. The summed E-state index contributed by atoms with van der Waals surface area (Å²) < 4.78 is 62.4. The number of methoxy groups -OCH3 is 2. The number of halogens is 1. The van der Waals surface area contributed by atoms with Crippen molar-refractivity contribution in [2.24, 2.45) is 5.11 Å². The number of fused-ring (bicyclic) bond motifs is 6. The molecule has 0 radical (unpaired) electrons. The second kappa shape index (κ2) is 17.6. The minimum atomic E-state index is -4.81. The van der Waals surface area contributed by atoms with Gasteiger partial charge in [0, 0.05) is 51.9 Å². The van der Waals surface area contributed by atoms with E-state index in [4.69, 9.17) is 40.8 Å². The number of carbonyl (C=O) groups excluding carboxylic acids is 4. The van der Waals surface area contributed by atoms with Gasteiger partial charge in [0.25, 0.3) is 10.1 Å². The normalized spacial score (nSPS) is 30.5. The molecule has 5 rings (SSSR count). The molecule has 0 aromatic heterocycles. The maximum atomic E-state index is 14.1. The second-order valence-electron chi connectivity index (χ2n) is 14.9. The molecule has 8 atom stereocenters. The minimum absolute atomic E-state index is 0.0427. The lowest BCUT2D eigenvalue weighted by atomic mass is 9.72. The fraction of sp³-hybridized carbons (Fsp3) is 0.611. The Morgan fingerprint density at radius 1 is 1.25 bits per heavy atom. The molecule has 4 aliphatic rings. The molecule has 3 N–H and O–H groups in total. The molecule has 0 saturated carbocycles. The Labute approximate surface area is 335 Å². The van der Waals surface area contributed by atoms with Gasteiger partial charge in [-0.2, -0.15) is 8.42 Å². The Balaban J connectivity index is 1.73. The highest BCUT2D eigenvalue weighted by Gasteiger charge is 2.63. The number of nitrogens with zero attached hydrogens (tertiary/aromatic N) is 5. The van der Waals surface area contributed by atoms with Gasteiger partial charge in [0.15, 0.2) is 5.72 Å². The summed E-state index contributed by atoms with van der Waals surface area (Å²) in [5.41, 5.74) is 5.92. The quantitative estimate of drug-likeness (QED) is 0.100. The van der Waals surface area contributed by atoms with E-state index >= 15 is 0 Å². The van der Waals surface area contributed by atoms with Gasteiger partial charge in [-0.05, 0) is 57.3 Å². The number of benzene rings is 1. The standard InChI is InChI=1S/C36H49ClN6O13S/c1-20-10-9-11-26(53-8)36(48)17-28(55-33(47)40-36)35(4)19-34(3,56-35)27(16-30(45)43(6)24-13-22(12-20)14-25(52-7)31(24)37)54-32(46)21(2)42(5)29(44)15-23(18-39-41-38)57(49,50)51/h9-11,13-14,21,23,26-28,48H,12,15-19H2,1-8H3,(H,40,47)(H,49,50,51)/b11-9+,20-10+/t21-,23?,26-,27+,28+,34-,35?,36+/m1/s1. The molecule has 4 heterocycles. The first kappa shape index (κ1) is 45.3. The molecule has 1 aromatic rings. The van der Waals surface area contributed by atoms with Gasteiger partial charge in [0.05, 0.1) is 19.2 Å². The highest BCUT2D eigenvalue weighted by molar-refractivity contribution is 7.86. The lowest BCUT2D eigenvalue weighted by Gasteiger charge is -2.59. The number of ether oxygens (including phenoxy) is 5. The summed E-state index contributed by atoms with van der Waals surface area (Å²) in [5.74, 6) is -2.16. The van der Waals surface area contributed by atoms with E-state index < -0.39 is 99.9 Å². The molecule has 21 heteroatoms. The van der Waals surface area contributed by atoms with Crippen molar-refractivity contribution in [1.29, 1.82) is 0 Å². The van der Waals surface area contributed by atoms with E-state index in [-0.39, 0.29) is 17.9 Å². The smallest absolute Gasteiger partial charge is 0.409 e. The number of likely N-dealkylation sites (N-methyl/N-ethyl adjacent to an activating group) is 1. The predicted molar refractivity (Wildman–Crippen MR) is 205 cm³/mol. The maximum absolute atomic E-state index is 14.1. The molecule has 314 valence electrons. The molecule has 2 saturated heterocycles. The molecule has 3 amide bonds. The Morgan fingerprint density at radius 2 is 1.91 bits per heavy atom. The Morgan fingerprint density at radius 3 is 2.51 bits per heavy atom. The van der Waals surface area contributed by atoms with E-state index in [0.29, 0.717) is 17.9 Å².